The van der Waals surface area contributed by atoms with Crippen LogP contribution in [0.1, 0.15) is 13.3 Å². The normalized spacial score (nSPS) is 28.5. The predicted molar refractivity (Wildman–Crippen MR) is 47.0 cm³/mol. The van der Waals surface area contributed by atoms with Crippen LogP contribution in [0.3, 0.4) is 0 Å². The molecule has 0 aromatic carbocycles. The van der Waals surface area contributed by atoms with Gasteiger partial charge in [0.15, 0.2) is 0 Å². The van der Waals surface area contributed by atoms with Crippen molar-refractivity contribution in [1.82, 2.24) is 10.9 Å². The summed E-state index contributed by atoms with van der Waals surface area (Å²) in [5.41, 5.74) is 5.76. The van der Waals surface area contributed by atoms with Crippen LogP contribution in [0, 0.1) is 0 Å². The van der Waals surface area contributed by atoms with Crippen molar-refractivity contribution in [3.8, 4) is 0 Å². The molecule has 0 spiro atoms. The van der Waals surface area contributed by atoms with Crippen molar-refractivity contribution in [1.29, 1.82) is 0 Å². The van der Waals surface area contributed by atoms with Gasteiger partial charge in [-0.2, -0.15) is 0 Å². The third kappa shape index (κ3) is 2.65. The van der Waals surface area contributed by atoms with E-state index in [1.165, 1.54) is 0 Å². The highest BCUT2D eigenvalue weighted by Gasteiger charge is 2.31. The Morgan fingerprint density at radius 2 is 2.38 bits per heavy atom. The Balaban J connectivity index is 2.48. The predicted octanol–water partition coefficient (Wildman–Crippen LogP) is -0.569. The fourth-order valence-electron chi connectivity index (χ4n) is 1.35. The second-order valence-corrected chi connectivity index (χ2v) is 2.86. The highest BCUT2D eigenvalue weighted by molar-refractivity contribution is 5.76. The van der Waals surface area contributed by atoms with Gasteiger partial charge in [0.2, 0.25) is 0 Å². The summed E-state index contributed by atoms with van der Waals surface area (Å²) in [7, 11) is 1.60. The van der Waals surface area contributed by atoms with E-state index in [0.29, 0.717) is 6.61 Å². The summed E-state index contributed by atoms with van der Waals surface area (Å²) in [5, 5.41) is 0. The molecule has 1 fully saturated rings. The van der Waals surface area contributed by atoms with Crippen molar-refractivity contribution in [2.75, 3.05) is 20.3 Å². The van der Waals surface area contributed by atoms with Crippen molar-refractivity contribution < 1.29 is 14.3 Å². The molecule has 0 radical (unpaired) electrons. The van der Waals surface area contributed by atoms with Gasteiger partial charge in [-0.25, -0.2) is 5.43 Å². The molecule has 5 heteroatoms. The highest BCUT2D eigenvalue weighted by Crippen LogP contribution is 2.07. The molecule has 2 N–H and O–H groups in total. The maximum Gasteiger partial charge on any atom is 0.327 e. The van der Waals surface area contributed by atoms with Crippen molar-refractivity contribution in [3.05, 3.63) is 0 Å². The Labute approximate surface area is 77.7 Å². The van der Waals surface area contributed by atoms with Crippen LogP contribution in [0.4, 0.5) is 0 Å². The summed E-state index contributed by atoms with van der Waals surface area (Å²) in [4.78, 5) is 11.4. The van der Waals surface area contributed by atoms with Gasteiger partial charge in [0.05, 0.1) is 12.7 Å². The third-order valence-corrected chi connectivity index (χ3v) is 2.03. The molecule has 0 aliphatic carbocycles. The summed E-state index contributed by atoms with van der Waals surface area (Å²) in [6, 6.07) is -0.390. The lowest BCUT2D eigenvalue weighted by atomic mass is 10.1. The van der Waals surface area contributed by atoms with Crippen LogP contribution in [0.2, 0.25) is 0 Å². The molecule has 76 valence electrons. The number of rotatable bonds is 3. The highest BCUT2D eigenvalue weighted by atomic mass is 16.5. The van der Waals surface area contributed by atoms with Crippen LogP contribution in [0.5, 0.6) is 0 Å². The molecule has 0 saturated carbocycles. The van der Waals surface area contributed by atoms with Gasteiger partial charge in [-0.15, -0.1) is 0 Å². The minimum Gasteiger partial charge on any atom is -0.465 e. The number of hydrogen-bond acceptors (Lipinski definition) is 5. The lowest BCUT2D eigenvalue weighted by Crippen LogP contribution is -2.58. The molecule has 0 bridgehead atoms. The molecule has 2 atom stereocenters. The lowest BCUT2D eigenvalue weighted by molar-refractivity contribution is -0.151. The van der Waals surface area contributed by atoms with Gasteiger partial charge in [0.1, 0.15) is 6.04 Å². The molecule has 0 aromatic heterocycles. The van der Waals surface area contributed by atoms with Crippen LogP contribution < -0.4 is 10.9 Å². The van der Waals surface area contributed by atoms with Crippen LogP contribution in [-0.4, -0.2) is 38.4 Å². The Hall–Kier alpha value is -0.650. The average molecular weight is 188 g/mol. The molecule has 1 saturated heterocycles. The number of hydrazine groups is 1. The minimum atomic E-state index is -0.390. The molecular formula is C8H16N2O3. The number of ether oxygens (including phenoxy) is 2. The molecule has 5 nitrogen and oxygen atoms in total. The second-order valence-electron chi connectivity index (χ2n) is 2.86. The van der Waals surface area contributed by atoms with E-state index in [4.69, 9.17) is 9.47 Å². The largest absolute Gasteiger partial charge is 0.465 e. The van der Waals surface area contributed by atoms with Crippen LogP contribution in [0.15, 0.2) is 0 Å². The van der Waals surface area contributed by atoms with E-state index in [2.05, 4.69) is 10.9 Å². The topological polar surface area (TPSA) is 59.6 Å². The van der Waals surface area contributed by atoms with Gasteiger partial charge < -0.3 is 9.47 Å². The lowest BCUT2D eigenvalue weighted by Gasteiger charge is -2.30. The summed E-state index contributed by atoms with van der Waals surface area (Å²) >= 11 is 0. The molecule has 0 amide bonds. The average Bonchev–Trinajstić information content (AvgIpc) is 2.18. The van der Waals surface area contributed by atoms with E-state index >= 15 is 0 Å². The van der Waals surface area contributed by atoms with Gasteiger partial charge in [-0.1, -0.05) is 0 Å². The Bertz CT molecular complexity index is 175. The van der Waals surface area contributed by atoms with E-state index in [1.807, 2.05) is 0 Å². The molecule has 1 heterocycles. The van der Waals surface area contributed by atoms with Crippen LogP contribution >= 0.6 is 0 Å². The standard InChI is InChI=1S/C8H16N2O3/c1-3-13-8(11)7-6(12-2)4-5-9-10-7/h6-7,9-10H,3-5H2,1-2H3/t6-,7-/m0/s1. The number of carbonyl (C=O) groups excluding carboxylic acids is 1. The zero-order chi connectivity index (χ0) is 9.68. The van der Waals surface area contributed by atoms with Crippen LogP contribution in [0.25, 0.3) is 0 Å². The number of hydrogen-bond donors (Lipinski definition) is 2. The Morgan fingerprint density at radius 3 is 3.00 bits per heavy atom. The van der Waals surface area contributed by atoms with Gasteiger partial charge in [-0.05, 0) is 13.3 Å². The summed E-state index contributed by atoms with van der Waals surface area (Å²) in [6.45, 7) is 2.98. The fourth-order valence-corrected chi connectivity index (χ4v) is 1.35. The number of esters is 1. The molecule has 1 aliphatic rings. The number of nitrogens with one attached hydrogen (secondary N) is 2. The first kappa shape index (κ1) is 10.4. The third-order valence-electron chi connectivity index (χ3n) is 2.03. The second kappa shape index (κ2) is 5.16. The summed E-state index contributed by atoms with van der Waals surface area (Å²) in [6.07, 6.45) is 0.716. The van der Waals surface area contributed by atoms with Crippen molar-refractivity contribution in [2.45, 2.75) is 25.5 Å². The van der Waals surface area contributed by atoms with E-state index < -0.39 is 6.04 Å². The number of methoxy groups -OCH3 is 1. The monoisotopic (exact) mass is 188 g/mol. The zero-order valence-electron chi connectivity index (χ0n) is 8.00. The van der Waals surface area contributed by atoms with Crippen molar-refractivity contribution in [3.63, 3.8) is 0 Å². The molecular weight excluding hydrogens is 172 g/mol. The smallest absolute Gasteiger partial charge is 0.327 e. The van der Waals surface area contributed by atoms with E-state index in [1.54, 1.807) is 14.0 Å². The quantitative estimate of drug-likeness (QED) is 0.581. The minimum absolute atomic E-state index is 0.0969. The number of carbonyl (C=O) groups is 1. The van der Waals surface area contributed by atoms with Gasteiger partial charge in [-0.3, -0.25) is 10.2 Å². The Kier molecular flexibility index (Phi) is 4.14. The Morgan fingerprint density at radius 1 is 1.62 bits per heavy atom. The van der Waals surface area contributed by atoms with Gasteiger partial charge in [0, 0.05) is 13.7 Å². The SMILES string of the molecule is CCOC(=O)[C@H]1NNCC[C@@H]1OC. The first-order valence-electron chi connectivity index (χ1n) is 4.47. The van der Waals surface area contributed by atoms with Crippen molar-refractivity contribution >= 4 is 5.97 Å². The maximum absolute atomic E-state index is 11.4. The van der Waals surface area contributed by atoms with E-state index in [-0.39, 0.29) is 12.1 Å². The van der Waals surface area contributed by atoms with Crippen LogP contribution in [-0.2, 0) is 14.3 Å². The van der Waals surface area contributed by atoms with E-state index in [9.17, 15) is 4.79 Å². The summed E-state index contributed by atoms with van der Waals surface area (Å²) in [5.74, 6) is -0.262. The molecule has 13 heavy (non-hydrogen) atoms. The van der Waals surface area contributed by atoms with Gasteiger partial charge in [0.25, 0.3) is 0 Å². The molecule has 1 rings (SSSR count). The molecule has 1 aliphatic heterocycles. The first-order valence-corrected chi connectivity index (χ1v) is 4.47. The molecule has 0 unspecified atom stereocenters. The molecule has 0 aromatic rings. The first-order chi connectivity index (χ1) is 6.29. The van der Waals surface area contributed by atoms with E-state index in [0.717, 1.165) is 13.0 Å². The van der Waals surface area contributed by atoms with Gasteiger partial charge >= 0.3 is 5.97 Å². The van der Waals surface area contributed by atoms with Crippen molar-refractivity contribution in [2.24, 2.45) is 0 Å². The zero-order valence-corrected chi connectivity index (χ0v) is 8.00. The summed E-state index contributed by atoms with van der Waals surface area (Å²) < 4.78 is 10.1. The fraction of sp³-hybridized carbons (Fsp3) is 0.875. The maximum atomic E-state index is 11.4.